The van der Waals surface area contributed by atoms with Crippen molar-refractivity contribution in [2.45, 2.75) is 6.92 Å². The monoisotopic (exact) mass is 296 g/mol. The van der Waals surface area contributed by atoms with E-state index in [0.717, 1.165) is 0 Å². The highest BCUT2D eigenvalue weighted by molar-refractivity contribution is 6.67. The van der Waals surface area contributed by atoms with Crippen LogP contribution >= 0.6 is 11.6 Å². The maximum atomic E-state index is 11.0. The molecule has 0 aliphatic rings. The lowest BCUT2D eigenvalue weighted by Crippen LogP contribution is -1.97. The number of rotatable bonds is 5. The van der Waals surface area contributed by atoms with Crippen molar-refractivity contribution in [3.05, 3.63) is 40.1 Å². The maximum absolute atomic E-state index is 11.0. The third-order valence-corrected chi connectivity index (χ3v) is 2.64. The fraction of sp³-hybridized carbons (Fsp3) is 0.167. The van der Waals surface area contributed by atoms with Gasteiger partial charge in [-0.05, 0) is 30.7 Å². The molecule has 0 aliphatic carbocycles. The Bertz CT molecular complexity index is 668. The van der Waals surface area contributed by atoms with Crippen LogP contribution < -0.4 is 4.74 Å². The number of nitro benzene ring substituents is 1. The van der Waals surface area contributed by atoms with Crippen LogP contribution in [0.4, 0.5) is 5.69 Å². The molecule has 7 nitrogen and oxygen atoms in total. The van der Waals surface area contributed by atoms with Crippen LogP contribution in [-0.4, -0.2) is 21.9 Å². The second-order valence-corrected chi connectivity index (χ2v) is 4.07. The molecule has 0 atom stereocenters. The van der Waals surface area contributed by atoms with E-state index in [9.17, 15) is 14.9 Å². The Kier molecular flexibility index (Phi) is 3.99. The second kappa shape index (κ2) is 5.70. The molecule has 0 N–H and O–H groups in total. The normalized spacial score (nSPS) is 10.3. The molecule has 20 heavy (non-hydrogen) atoms. The molecule has 0 radical (unpaired) electrons. The van der Waals surface area contributed by atoms with Gasteiger partial charge in [0, 0.05) is 17.7 Å². The second-order valence-electron chi connectivity index (χ2n) is 3.72. The molecule has 0 fully saturated rings. The number of carbonyl (C=O) groups is 1. The summed E-state index contributed by atoms with van der Waals surface area (Å²) in [5.41, 5.74) is 0.513. The van der Waals surface area contributed by atoms with E-state index in [0.29, 0.717) is 12.2 Å². The van der Waals surface area contributed by atoms with E-state index in [1.165, 1.54) is 18.2 Å². The number of carbonyl (C=O) groups excluding carboxylic acids is 1. The largest absolute Gasteiger partial charge is 0.487 e. The predicted molar refractivity (Wildman–Crippen MR) is 69.9 cm³/mol. The summed E-state index contributed by atoms with van der Waals surface area (Å²) in [6.07, 6.45) is 0. The summed E-state index contributed by atoms with van der Waals surface area (Å²) >= 11 is 5.25. The van der Waals surface area contributed by atoms with Gasteiger partial charge in [-0.2, -0.15) is 0 Å². The van der Waals surface area contributed by atoms with Gasteiger partial charge in [-0.3, -0.25) is 14.9 Å². The summed E-state index contributed by atoms with van der Waals surface area (Å²) in [6.45, 7) is 2.04. The third kappa shape index (κ3) is 2.77. The number of nitro groups is 1. The maximum Gasteiger partial charge on any atom is 0.311 e. The standard InChI is InChI=1S/C12H9ClN2O5/c1-2-19-10-4-3-7(5-9(10)15(17)18)8-6-11(12(13)16)20-14-8/h3-6H,2H2,1H3. The quantitative estimate of drug-likeness (QED) is 0.478. The van der Waals surface area contributed by atoms with Crippen LogP contribution in [0, 0.1) is 10.1 Å². The Morgan fingerprint density at radius 1 is 1.50 bits per heavy atom. The zero-order valence-electron chi connectivity index (χ0n) is 10.3. The van der Waals surface area contributed by atoms with Crippen LogP contribution in [0.3, 0.4) is 0 Å². The van der Waals surface area contributed by atoms with Gasteiger partial charge in [0.2, 0.25) is 5.76 Å². The van der Waals surface area contributed by atoms with Crippen LogP contribution in [0.2, 0.25) is 0 Å². The molecule has 0 bridgehead atoms. The Balaban J connectivity index is 2.44. The first-order chi connectivity index (χ1) is 9.52. The summed E-state index contributed by atoms with van der Waals surface area (Å²) < 4.78 is 9.90. The topological polar surface area (TPSA) is 95.5 Å². The van der Waals surface area contributed by atoms with Gasteiger partial charge in [-0.25, -0.2) is 0 Å². The molecule has 1 heterocycles. The number of aromatic nitrogens is 1. The molecular weight excluding hydrogens is 288 g/mol. The van der Waals surface area contributed by atoms with Gasteiger partial charge >= 0.3 is 5.69 Å². The molecular formula is C12H9ClN2O5. The number of benzene rings is 1. The van der Waals surface area contributed by atoms with Crippen molar-refractivity contribution in [2.24, 2.45) is 0 Å². The van der Waals surface area contributed by atoms with E-state index in [4.69, 9.17) is 20.9 Å². The lowest BCUT2D eigenvalue weighted by molar-refractivity contribution is -0.385. The van der Waals surface area contributed by atoms with Crippen LogP contribution in [0.15, 0.2) is 28.8 Å². The van der Waals surface area contributed by atoms with E-state index >= 15 is 0 Å². The van der Waals surface area contributed by atoms with Gasteiger partial charge in [0.05, 0.1) is 11.5 Å². The molecule has 1 aromatic carbocycles. The minimum absolute atomic E-state index is 0.127. The molecule has 0 aliphatic heterocycles. The summed E-state index contributed by atoms with van der Waals surface area (Å²) in [4.78, 5) is 21.4. The molecule has 0 saturated carbocycles. The van der Waals surface area contributed by atoms with Crippen molar-refractivity contribution in [2.75, 3.05) is 6.61 Å². The Morgan fingerprint density at radius 3 is 2.80 bits per heavy atom. The first-order valence-corrected chi connectivity index (χ1v) is 5.99. The van der Waals surface area contributed by atoms with E-state index in [1.54, 1.807) is 13.0 Å². The SMILES string of the molecule is CCOc1ccc(-c2cc(C(=O)Cl)on2)cc1[N+](=O)[O-]. The molecule has 0 saturated heterocycles. The van der Waals surface area contributed by atoms with Crippen molar-refractivity contribution in [1.82, 2.24) is 5.16 Å². The molecule has 8 heteroatoms. The molecule has 2 aromatic rings. The summed E-state index contributed by atoms with van der Waals surface area (Å²) in [6, 6.07) is 5.66. The Morgan fingerprint density at radius 2 is 2.25 bits per heavy atom. The Labute approximate surface area is 118 Å². The number of ether oxygens (including phenoxy) is 1. The average Bonchev–Trinajstić information content (AvgIpc) is 2.89. The van der Waals surface area contributed by atoms with Gasteiger partial charge in [0.15, 0.2) is 5.75 Å². The molecule has 0 amide bonds. The highest BCUT2D eigenvalue weighted by Gasteiger charge is 2.18. The molecule has 1 aromatic heterocycles. The zero-order chi connectivity index (χ0) is 14.7. The van der Waals surface area contributed by atoms with Crippen LogP contribution in [-0.2, 0) is 0 Å². The first kappa shape index (κ1) is 14.0. The number of hydrogen-bond acceptors (Lipinski definition) is 6. The molecule has 0 spiro atoms. The van der Waals surface area contributed by atoms with E-state index < -0.39 is 10.2 Å². The van der Waals surface area contributed by atoms with Gasteiger partial charge in [0.25, 0.3) is 5.24 Å². The summed E-state index contributed by atoms with van der Waals surface area (Å²) in [5.74, 6) is 0.0385. The van der Waals surface area contributed by atoms with Crippen molar-refractivity contribution < 1.29 is 19.0 Å². The minimum atomic E-state index is -0.788. The van der Waals surface area contributed by atoms with E-state index in [2.05, 4.69) is 5.16 Å². The van der Waals surface area contributed by atoms with Crippen molar-refractivity contribution in [1.29, 1.82) is 0 Å². The van der Waals surface area contributed by atoms with Crippen LogP contribution in [0.1, 0.15) is 17.5 Å². The fourth-order valence-corrected chi connectivity index (χ4v) is 1.69. The summed E-state index contributed by atoms with van der Waals surface area (Å²) in [5, 5.41) is 13.9. The molecule has 0 unspecified atom stereocenters. The van der Waals surface area contributed by atoms with Crippen molar-refractivity contribution in [3.63, 3.8) is 0 Å². The van der Waals surface area contributed by atoms with Crippen molar-refractivity contribution in [3.8, 4) is 17.0 Å². The van der Waals surface area contributed by atoms with E-state index in [1.807, 2.05) is 0 Å². The highest BCUT2D eigenvalue weighted by Crippen LogP contribution is 2.32. The molecule has 104 valence electrons. The lowest BCUT2D eigenvalue weighted by Gasteiger charge is -2.04. The first-order valence-electron chi connectivity index (χ1n) is 5.61. The average molecular weight is 297 g/mol. The smallest absolute Gasteiger partial charge is 0.311 e. The molecule has 2 rings (SSSR count). The Hall–Kier alpha value is -2.41. The van der Waals surface area contributed by atoms with Crippen LogP contribution in [0.5, 0.6) is 5.75 Å². The predicted octanol–water partition coefficient (Wildman–Crippen LogP) is 3.03. The van der Waals surface area contributed by atoms with Gasteiger partial charge < -0.3 is 9.26 Å². The third-order valence-electron chi connectivity index (χ3n) is 2.46. The number of nitrogens with zero attached hydrogens (tertiary/aromatic N) is 2. The minimum Gasteiger partial charge on any atom is -0.487 e. The van der Waals surface area contributed by atoms with Gasteiger partial charge in [-0.15, -0.1) is 0 Å². The van der Waals surface area contributed by atoms with Gasteiger partial charge in [0.1, 0.15) is 5.69 Å². The summed E-state index contributed by atoms with van der Waals surface area (Å²) in [7, 11) is 0. The lowest BCUT2D eigenvalue weighted by atomic mass is 10.1. The number of halogens is 1. The van der Waals surface area contributed by atoms with Gasteiger partial charge in [-0.1, -0.05) is 5.16 Å². The van der Waals surface area contributed by atoms with E-state index in [-0.39, 0.29) is 22.9 Å². The fourth-order valence-electron chi connectivity index (χ4n) is 1.60. The highest BCUT2D eigenvalue weighted by atomic mass is 35.5. The number of hydrogen-bond donors (Lipinski definition) is 0. The van der Waals surface area contributed by atoms with Crippen LogP contribution in [0.25, 0.3) is 11.3 Å². The van der Waals surface area contributed by atoms with Crippen molar-refractivity contribution >= 4 is 22.5 Å². The zero-order valence-corrected chi connectivity index (χ0v) is 11.1.